The molecule has 0 aromatic carbocycles. The third kappa shape index (κ3) is 36.8. The van der Waals surface area contributed by atoms with Crippen molar-refractivity contribution in [3.05, 3.63) is 0 Å². The predicted molar refractivity (Wildman–Crippen MR) is 98.9 cm³/mol. The highest BCUT2D eigenvalue weighted by Crippen LogP contribution is 1.93. The van der Waals surface area contributed by atoms with Gasteiger partial charge < -0.3 is 53.7 Å². The van der Waals surface area contributed by atoms with Gasteiger partial charge in [-0.1, -0.05) is 0 Å². The summed E-state index contributed by atoms with van der Waals surface area (Å²) in [6.45, 7) is 0.920. The lowest BCUT2D eigenvalue weighted by molar-refractivity contribution is -0.409. The standard InChI is InChI=1S/2C6H14N4O2.H2O4S/c2*7-4(5(11)12)2-1-3-10-6(8)9;1-5(2,3)4/h2*4H,1-3,7H2,(H,11,12)(H4,8,9,10);(H2,1,2,3,4)/t2*4-;/m00./s1. The van der Waals surface area contributed by atoms with E-state index in [1.807, 2.05) is 0 Å². The number of hydrogen-bond acceptors (Lipinski definition) is 8. The highest BCUT2D eigenvalue weighted by molar-refractivity contribution is 7.79. The Morgan fingerprint density at radius 2 is 1.07 bits per heavy atom. The lowest BCUT2D eigenvalue weighted by Gasteiger charge is -2.06. The average molecular weight is 446 g/mol. The summed E-state index contributed by atoms with van der Waals surface area (Å²) in [7, 11) is -5.17. The van der Waals surface area contributed by atoms with Crippen molar-refractivity contribution in [3.8, 4) is 0 Å². The van der Waals surface area contributed by atoms with Crippen LogP contribution in [-0.2, 0) is 20.0 Å². The fraction of sp³-hybridized carbons (Fsp3) is 0.667. The maximum Gasteiger partial charge on any atom is 0.362 e. The molecule has 172 valence electrons. The van der Waals surface area contributed by atoms with Gasteiger partial charge in [0.1, 0.15) is 0 Å². The zero-order chi connectivity index (χ0) is 23.6. The number of aliphatic imine (C=N–C) groups is 2. The molecule has 17 heteroatoms. The molecule has 0 heterocycles. The van der Waals surface area contributed by atoms with Gasteiger partial charge in [-0.25, -0.2) is 9.59 Å². The monoisotopic (exact) mass is 446 g/mol. The number of aliphatic carboxylic acids is 2. The van der Waals surface area contributed by atoms with Crippen LogP contribution in [0.2, 0.25) is 0 Å². The van der Waals surface area contributed by atoms with Crippen LogP contribution in [0.4, 0.5) is 0 Å². The molecule has 0 aliphatic carbocycles. The molecular formula is C12H30N8O8S. The van der Waals surface area contributed by atoms with E-state index in [2.05, 4.69) is 21.5 Å². The van der Waals surface area contributed by atoms with E-state index in [9.17, 15) is 9.59 Å². The summed E-state index contributed by atoms with van der Waals surface area (Å²) in [4.78, 5) is 28.0. The fourth-order valence-corrected chi connectivity index (χ4v) is 1.34. The molecule has 0 saturated heterocycles. The lowest BCUT2D eigenvalue weighted by atomic mass is 10.2. The van der Waals surface area contributed by atoms with Crippen LogP contribution in [0.1, 0.15) is 25.7 Å². The minimum absolute atomic E-state index is 0.0333. The first-order valence-corrected chi connectivity index (χ1v) is 9.30. The van der Waals surface area contributed by atoms with Gasteiger partial charge in [0.15, 0.2) is 24.0 Å². The van der Waals surface area contributed by atoms with Gasteiger partial charge in [0, 0.05) is 36.3 Å². The zero-order valence-corrected chi connectivity index (χ0v) is 16.6. The van der Waals surface area contributed by atoms with Gasteiger partial charge in [-0.05, 0) is 12.8 Å². The van der Waals surface area contributed by atoms with Gasteiger partial charge in [0.05, 0.1) is 0 Å². The van der Waals surface area contributed by atoms with Crippen LogP contribution in [0.25, 0.3) is 0 Å². The molecule has 0 amide bonds. The van der Waals surface area contributed by atoms with E-state index in [1.165, 1.54) is 0 Å². The summed E-state index contributed by atoms with van der Waals surface area (Å²) in [5, 5.41) is 16.9. The van der Waals surface area contributed by atoms with Gasteiger partial charge in [0.2, 0.25) is 0 Å². The smallest absolute Gasteiger partial charge is 0.362 e. The normalized spacial score (nSPS) is 12.0. The van der Waals surface area contributed by atoms with Crippen LogP contribution in [0.5, 0.6) is 0 Å². The average Bonchev–Trinajstić information content (AvgIpc) is 2.53. The third-order valence-electron chi connectivity index (χ3n) is 2.71. The van der Waals surface area contributed by atoms with Crippen LogP contribution >= 0.6 is 0 Å². The van der Waals surface area contributed by atoms with Crippen molar-refractivity contribution in [1.29, 1.82) is 0 Å². The highest BCUT2D eigenvalue weighted by Gasteiger charge is 2.14. The van der Waals surface area contributed by atoms with E-state index in [-0.39, 0.29) is 11.9 Å². The second-order valence-corrected chi connectivity index (χ2v) is 6.19. The van der Waals surface area contributed by atoms with Crippen LogP contribution in [0.3, 0.4) is 0 Å². The van der Waals surface area contributed by atoms with Crippen molar-refractivity contribution >= 4 is 34.3 Å². The van der Waals surface area contributed by atoms with Crippen molar-refractivity contribution in [2.75, 3.05) is 13.1 Å². The van der Waals surface area contributed by atoms with E-state index in [1.54, 1.807) is 0 Å². The Morgan fingerprint density at radius 3 is 1.24 bits per heavy atom. The maximum atomic E-state index is 10.3. The molecule has 29 heavy (non-hydrogen) atoms. The molecule has 0 aromatic rings. The van der Waals surface area contributed by atoms with E-state index in [4.69, 9.17) is 50.7 Å². The SMILES string of the molecule is NC(N)=NCCC[C@H]([NH3+])C(=O)O.NC(N)=NCCC[C@H]([NH3+])C(=O)O.O=S(=O)([O-])[O-]. The van der Waals surface area contributed by atoms with Crippen LogP contribution in [-0.4, -0.2) is 76.8 Å². The Bertz CT molecular complexity index is 584. The Kier molecular flexibility index (Phi) is 18.6. The summed E-state index contributed by atoms with van der Waals surface area (Å²) in [6.07, 6.45) is 2.26. The van der Waals surface area contributed by atoms with Crippen molar-refractivity contribution in [1.82, 2.24) is 0 Å². The van der Waals surface area contributed by atoms with Crippen LogP contribution < -0.4 is 34.4 Å². The molecule has 16 N–H and O–H groups in total. The van der Waals surface area contributed by atoms with Crippen LogP contribution in [0, 0.1) is 0 Å². The third-order valence-corrected chi connectivity index (χ3v) is 2.71. The van der Waals surface area contributed by atoms with Crippen molar-refractivity contribution in [2.45, 2.75) is 37.8 Å². The first-order valence-electron chi connectivity index (χ1n) is 7.97. The molecule has 2 atom stereocenters. The number of carboxylic acids is 2. The number of hydrogen-bond donors (Lipinski definition) is 8. The molecule has 0 unspecified atom stereocenters. The second kappa shape index (κ2) is 17.4. The minimum atomic E-state index is -5.17. The Labute approximate surface area is 167 Å². The molecule has 16 nitrogen and oxygen atoms in total. The molecule has 0 aliphatic rings. The van der Waals surface area contributed by atoms with E-state index in [0.717, 1.165) is 0 Å². The number of nitrogens with zero attached hydrogens (tertiary/aromatic N) is 2. The molecule has 0 fully saturated rings. The maximum absolute atomic E-state index is 10.3. The fourth-order valence-electron chi connectivity index (χ4n) is 1.34. The van der Waals surface area contributed by atoms with Gasteiger partial charge in [-0.3, -0.25) is 18.4 Å². The van der Waals surface area contributed by atoms with E-state index >= 15 is 0 Å². The van der Waals surface area contributed by atoms with Gasteiger partial charge in [-0.15, -0.1) is 0 Å². The topological polar surface area (TPSA) is 339 Å². The first-order chi connectivity index (χ1) is 13.1. The van der Waals surface area contributed by atoms with Gasteiger partial charge in [0.25, 0.3) is 0 Å². The summed E-state index contributed by atoms with van der Waals surface area (Å²) in [6, 6.07) is -1.14. The van der Waals surface area contributed by atoms with E-state index < -0.39 is 34.4 Å². The summed E-state index contributed by atoms with van der Waals surface area (Å²) in [5.74, 6) is -1.71. The number of carbonyl (C=O) groups is 2. The highest BCUT2D eigenvalue weighted by atomic mass is 32.3. The molecule has 0 saturated carbocycles. The Morgan fingerprint density at radius 1 is 0.828 bits per heavy atom. The van der Waals surface area contributed by atoms with Crippen molar-refractivity contribution < 1.29 is 48.8 Å². The summed E-state index contributed by atoms with van der Waals surface area (Å²) in [5.41, 5.74) is 27.1. The lowest BCUT2D eigenvalue weighted by Crippen LogP contribution is -2.64. The predicted octanol–water partition coefficient (Wildman–Crippen LogP) is -5.87. The van der Waals surface area contributed by atoms with Crippen molar-refractivity contribution in [2.24, 2.45) is 32.9 Å². The molecule has 0 spiro atoms. The van der Waals surface area contributed by atoms with E-state index in [0.29, 0.717) is 38.8 Å². The molecule has 0 aromatic heterocycles. The molecular weight excluding hydrogens is 416 g/mol. The number of nitrogens with two attached hydrogens (primary N) is 4. The number of carboxylic acid groups (broad SMARTS) is 2. The Hall–Kier alpha value is -2.73. The quantitative estimate of drug-likeness (QED) is 0.0511. The van der Waals surface area contributed by atoms with Crippen molar-refractivity contribution in [3.63, 3.8) is 0 Å². The zero-order valence-electron chi connectivity index (χ0n) is 15.8. The number of guanidine groups is 2. The second-order valence-electron chi connectivity index (χ2n) is 5.38. The molecule has 0 bridgehead atoms. The summed E-state index contributed by atoms with van der Waals surface area (Å²) >= 11 is 0. The number of quaternary nitrogens is 2. The molecule has 0 rings (SSSR count). The van der Waals surface area contributed by atoms with Gasteiger partial charge in [-0.2, -0.15) is 0 Å². The minimum Gasteiger partial charge on any atom is -0.759 e. The largest absolute Gasteiger partial charge is 0.759 e. The van der Waals surface area contributed by atoms with Gasteiger partial charge >= 0.3 is 11.9 Å². The molecule has 0 radical (unpaired) electrons. The first kappa shape index (κ1) is 31.0. The number of rotatable bonds is 10. The summed E-state index contributed by atoms with van der Waals surface area (Å²) < 4.78 is 34.1. The Balaban J connectivity index is -0.000000380. The van der Waals surface area contributed by atoms with Crippen LogP contribution in [0.15, 0.2) is 9.98 Å². The molecule has 0 aliphatic heterocycles.